The second-order valence-electron chi connectivity index (χ2n) is 9.64. The van der Waals surface area contributed by atoms with Crippen molar-refractivity contribution in [2.75, 3.05) is 0 Å². The average Bonchev–Trinajstić information content (AvgIpc) is 2.98. The van der Waals surface area contributed by atoms with Gasteiger partial charge in [0, 0.05) is 20.6 Å². The van der Waals surface area contributed by atoms with E-state index in [1.165, 1.54) is 53.5 Å². The molecule has 0 aliphatic rings. The molecule has 0 atom stereocenters. The van der Waals surface area contributed by atoms with Gasteiger partial charge in [0.05, 0.1) is 0 Å². The fourth-order valence-corrected chi connectivity index (χ4v) is 11.1. The third-order valence-corrected chi connectivity index (χ3v) is 12.5. The summed E-state index contributed by atoms with van der Waals surface area (Å²) in [4.78, 5) is 0. The molecule has 7 aromatic carbocycles. The molecule has 0 amide bonds. The Labute approximate surface area is 232 Å². The molecule has 0 aliphatic heterocycles. The molecule has 38 heavy (non-hydrogen) atoms. The van der Waals surface area contributed by atoms with Crippen LogP contribution in [0.5, 0.6) is 0 Å². The largest absolute Gasteiger partial charge is 0.146 e. The van der Waals surface area contributed by atoms with Crippen LogP contribution in [-0.2, 0) is 0 Å². The summed E-state index contributed by atoms with van der Waals surface area (Å²) in [5.74, 6) is 0. The van der Waals surface area contributed by atoms with Crippen LogP contribution in [0.1, 0.15) is 0 Å². The molecule has 0 fully saturated rings. The molecule has 0 unspecified atom stereocenters. The third-order valence-electron chi connectivity index (χ3n) is 7.60. The van der Waals surface area contributed by atoms with Crippen LogP contribution >= 0.6 is 23.2 Å². The lowest BCUT2D eigenvalue weighted by Gasteiger charge is -2.30. The first-order chi connectivity index (χ1) is 18.8. The zero-order chi connectivity index (χ0) is 25.5. The maximum Gasteiger partial charge on any atom is 0.146 e. The second-order valence-corrected chi connectivity index (χ2v) is 13.9. The van der Waals surface area contributed by atoms with E-state index in [1.54, 1.807) is 0 Å². The van der Waals surface area contributed by atoms with Crippen molar-refractivity contribution >= 4 is 76.7 Å². The van der Waals surface area contributed by atoms with E-state index in [2.05, 4.69) is 168 Å². The fraction of sp³-hybridized carbons (Fsp3) is 0. The zero-order valence-electron chi connectivity index (χ0n) is 20.8. The molecule has 7 aromatic rings. The minimum absolute atomic E-state index is 1.09. The molecular formula is C36H25BrP+. The molecule has 180 valence electrons. The van der Waals surface area contributed by atoms with Crippen molar-refractivity contribution in [3.63, 3.8) is 0 Å². The monoisotopic (exact) mass is 567 g/mol. The standard InChI is InChI=1S/C36H25BrP/c37-29-22-24-30(25-23-29)38(34-19-7-13-26-10-1-4-16-31(26)34,35-20-8-14-27-11-2-5-17-32(27)35)36-21-9-15-28-12-3-6-18-33(28)36/h1-25H/q+1. The normalized spacial score (nSPS) is 11.8. The smallest absolute Gasteiger partial charge is 0.0616 e. The van der Waals surface area contributed by atoms with Crippen LogP contribution < -0.4 is 21.2 Å². The molecular weight excluding hydrogens is 543 g/mol. The first-order valence-electron chi connectivity index (χ1n) is 12.9. The van der Waals surface area contributed by atoms with Gasteiger partial charge in [-0.05, 0) is 58.6 Å². The first kappa shape index (κ1) is 23.4. The summed E-state index contributed by atoms with van der Waals surface area (Å²) in [6, 6.07) is 56.2. The van der Waals surface area contributed by atoms with Crippen molar-refractivity contribution in [2.24, 2.45) is 0 Å². The van der Waals surface area contributed by atoms with Crippen molar-refractivity contribution in [3.05, 3.63) is 156 Å². The van der Waals surface area contributed by atoms with Gasteiger partial charge in [-0.15, -0.1) is 0 Å². The highest BCUT2D eigenvalue weighted by Gasteiger charge is 2.50. The summed E-state index contributed by atoms with van der Waals surface area (Å²) in [6.45, 7) is 0. The Morgan fingerprint density at radius 2 is 0.684 bits per heavy atom. The van der Waals surface area contributed by atoms with Gasteiger partial charge in [0.2, 0.25) is 0 Å². The average molecular weight is 568 g/mol. The minimum atomic E-state index is -2.38. The number of hydrogen-bond acceptors (Lipinski definition) is 0. The highest BCUT2D eigenvalue weighted by Crippen LogP contribution is 2.58. The highest BCUT2D eigenvalue weighted by molar-refractivity contribution is 9.10. The SMILES string of the molecule is Brc1ccc([P+](c2cccc3ccccc23)(c2cccc3ccccc23)c2cccc3ccccc23)cc1. The van der Waals surface area contributed by atoms with Gasteiger partial charge in [-0.3, -0.25) is 0 Å². The van der Waals surface area contributed by atoms with Gasteiger partial charge in [0.15, 0.2) is 0 Å². The first-order valence-corrected chi connectivity index (χ1v) is 15.5. The molecule has 0 N–H and O–H groups in total. The van der Waals surface area contributed by atoms with E-state index in [1.807, 2.05) is 0 Å². The Balaban J connectivity index is 1.77. The maximum absolute atomic E-state index is 3.71. The molecule has 0 saturated heterocycles. The van der Waals surface area contributed by atoms with E-state index < -0.39 is 7.26 Å². The Bertz CT molecular complexity index is 1730. The van der Waals surface area contributed by atoms with Crippen molar-refractivity contribution in [3.8, 4) is 0 Å². The Morgan fingerprint density at radius 1 is 0.342 bits per heavy atom. The van der Waals surface area contributed by atoms with Gasteiger partial charge < -0.3 is 0 Å². The molecule has 0 aliphatic carbocycles. The van der Waals surface area contributed by atoms with Crippen molar-refractivity contribution in [1.29, 1.82) is 0 Å². The Morgan fingerprint density at radius 3 is 1.08 bits per heavy atom. The summed E-state index contributed by atoms with van der Waals surface area (Å²) in [6.07, 6.45) is 0. The van der Waals surface area contributed by atoms with Crippen molar-refractivity contribution < 1.29 is 0 Å². The van der Waals surface area contributed by atoms with Crippen LogP contribution in [0.15, 0.2) is 156 Å². The second kappa shape index (κ2) is 9.52. The molecule has 2 heteroatoms. The van der Waals surface area contributed by atoms with Gasteiger partial charge in [0.25, 0.3) is 0 Å². The lowest BCUT2D eigenvalue weighted by Crippen LogP contribution is -2.39. The summed E-state index contributed by atoms with van der Waals surface area (Å²) < 4.78 is 1.09. The van der Waals surface area contributed by atoms with Gasteiger partial charge in [-0.1, -0.05) is 125 Å². The van der Waals surface area contributed by atoms with E-state index in [-0.39, 0.29) is 0 Å². The number of fused-ring (bicyclic) bond motifs is 3. The Kier molecular flexibility index (Phi) is 5.85. The van der Waals surface area contributed by atoms with Gasteiger partial charge in [0.1, 0.15) is 28.5 Å². The summed E-state index contributed by atoms with van der Waals surface area (Å²) in [5.41, 5.74) is 0. The van der Waals surface area contributed by atoms with Crippen molar-refractivity contribution in [1.82, 2.24) is 0 Å². The topological polar surface area (TPSA) is 0 Å². The zero-order valence-corrected chi connectivity index (χ0v) is 23.2. The highest BCUT2D eigenvalue weighted by atomic mass is 79.9. The maximum atomic E-state index is 3.71. The summed E-state index contributed by atoms with van der Waals surface area (Å²) in [5, 5.41) is 13.3. The molecule has 0 radical (unpaired) electrons. The van der Waals surface area contributed by atoms with E-state index in [4.69, 9.17) is 0 Å². The summed E-state index contributed by atoms with van der Waals surface area (Å²) in [7, 11) is -2.38. The van der Waals surface area contributed by atoms with E-state index >= 15 is 0 Å². The number of benzene rings is 7. The van der Waals surface area contributed by atoms with Crippen LogP contribution in [0.3, 0.4) is 0 Å². The molecule has 0 saturated carbocycles. The van der Waals surface area contributed by atoms with Crippen LogP contribution in [0.2, 0.25) is 0 Å². The molecule has 0 aromatic heterocycles. The molecule has 7 rings (SSSR count). The van der Waals surface area contributed by atoms with Crippen LogP contribution in [-0.4, -0.2) is 0 Å². The van der Waals surface area contributed by atoms with E-state index in [0.29, 0.717) is 0 Å². The molecule has 0 bridgehead atoms. The lowest BCUT2D eigenvalue weighted by molar-refractivity contribution is 1.69. The third kappa shape index (κ3) is 3.62. The number of halogens is 1. The number of rotatable bonds is 4. The van der Waals surface area contributed by atoms with Gasteiger partial charge >= 0.3 is 0 Å². The quantitative estimate of drug-likeness (QED) is 0.187. The predicted molar refractivity (Wildman–Crippen MR) is 171 cm³/mol. The van der Waals surface area contributed by atoms with Crippen LogP contribution in [0, 0.1) is 0 Å². The number of hydrogen-bond donors (Lipinski definition) is 0. The fourth-order valence-electron chi connectivity index (χ4n) is 5.97. The Hall–Kier alpha value is -3.77. The van der Waals surface area contributed by atoms with Gasteiger partial charge in [-0.2, -0.15) is 0 Å². The molecule has 0 heterocycles. The predicted octanol–water partition coefficient (Wildman–Crippen LogP) is 8.53. The molecule has 0 nitrogen and oxygen atoms in total. The van der Waals surface area contributed by atoms with Crippen LogP contribution in [0.25, 0.3) is 32.3 Å². The van der Waals surface area contributed by atoms with Crippen molar-refractivity contribution in [2.45, 2.75) is 0 Å². The molecule has 0 spiro atoms. The van der Waals surface area contributed by atoms with Crippen LogP contribution in [0.4, 0.5) is 0 Å². The van der Waals surface area contributed by atoms with E-state index in [0.717, 1.165) is 4.47 Å². The minimum Gasteiger partial charge on any atom is -0.0616 e. The van der Waals surface area contributed by atoms with Gasteiger partial charge in [-0.25, -0.2) is 0 Å². The van der Waals surface area contributed by atoms with E-state index in [9.17, 15) is 0 Å². The summed E-state index contributed by atoms with van der Waals surface area (Å²) >= 11 is 3.71. The lowest BCUT2D eigenvalue weighted by atomic mass is 10.1.